The number of hydrogen-bond acceptors (Lipinski definition) is 1. The summed E-state index contributed by atoms with van der Waals surface area (Å²) in [5, 5.41) is 2.56. The summed E-state index contributed by atoms with van der Waals surface area (Å²) in [5.74, 6) is 0. The first kappa shape index (κ1) is 22.9. The van der Waals surface area contributed by atoms with Gasteiger partial charge in [-0.25, -0.2) is 0 Å². The Morgan fingerprint density at radius 2 is 1.12 bits per heavy atom. The topological polar surface area (TPSA) is 8.17 Å². The molecule has 0 aliphatic heterocycles. The van der Waals surface area contributed by atoms with Crippen molar-refractivity contribution in [2.45, 2.75) is 6.42 Å². The van der Waals surface area contributed by atoms with Gasteiger partial charge in [-0.2, -0.15) is 0 Å². The van der Waals surface area contributed by atoms with Crippen molar-refractivity contribution in [1.29, 1.82) is 0 Å². The minimum absolute atomic E-state index is 1.03. The van der Waals surface area contributed by atoms with Crippen molar-refractivity contribution in [3.05, 3.63) is 151 Å². The summed E-state index contributed by atoms with van der Waals surface area (Å²) < 4.78 is 2.32. The standard InChI is InChI=1S/C38H28N2/c1-39-37-21-18-27(26-16-17-29-22-28-10-8-9-15-33(28)35(29)23-26)24-36(37)34-20-19-32(25-38(34)39)40(30-11-4-2-5-12-30)31-13-6-3-7-14-31/h2-21,23-25H,22H2,1H3. The highest BCUT2D eigenvalue weighted by Gasteiger charge is 2.19. The van der Waals surface area contributed by atoms with E-state index in [-0.39, 0.29) is 0 Å². The first-order chi connectivity index (χ1) is 19.7. The van der Waals surface area contributed by atoms with E-state index in [1.54, 1.807) is 0 Å². The Balaban J connectivity index is 1.25. The molecule has 1 heterocycles. The van der Waals surface area contributed by atoms with Gasteiger partial charge in [0.1, 0.15) is 0 Å². The van der Waals surface area contributed by atoms with Crippen LogP contribution in [0.5, 0.6) is 0 Å². The second kappa shape index (κ2) is 9.00. The molecular formula is C38H28N2. The van der Waals surface area contributed by atoms with Crippen molar-refractivity contribution in [3.8, 4) is 22.3 Å². The third kappa shape index (κ3) is 3.57. The van der Waals surface area contributed by atoms with Crippen molar-refractivity contribution in [2.24, 2.45) is 7.05 Å². The van der Waals surface area contributed by atoms with Crippen LogP contribution in [0, 0.1) is 0 Å². The monoisotopic (exact) mass is 512 g/mol. The average Bonchev–Trinajstić information content (AvgIpc) is 3.52. The maximum absolute atomic E-state index is 2.38. The molecule has 0 atom stereocenters. The zero-order valence-electron chi connectivity index (χ0n) is 22.4. The van der Waals surface area contributed by atoms with Gasteiger partial charge < -0.3 is 9.47 Å². The number of fused-ring (bicyclic) bond motifs is 6. The van der Waals surface area contributed by atoms with Crippen molar-refractivity contribution in [3.63, 3.8) is 0 Å². The summed E-state index contributed by atoms with van der Waals surface area (Å²) in [4.78, 5) is 2.32. The highest BCUT2D eigenvalue weighted by Crippen LogP contribution is 2.41. The molecule has 8 rings (SSSR count). The van der Waals surface area contributed by atoms with E-state index < -0.39 is 0 Å². The molecule has 0 saturated carbocycles. The molecule has 2 nitrogen and oxygen atoms in total. The lowest BCUT2D eigenvalue weighted by molar-refractivity contribution is 1.01. The van der Waals surface area contributed by atoms with Crippen molar-refractivity contribution >= 4 is 38.9 Å². The molecule has 0 bridgehead atoms. The third-order valence-electron chi connectivity index (χ3n) is 8.41. The SMILES string of the molecule is Cn1c2ccc(-c3ccc4c(c3)-c3ccccc3C4)cc2c2ccc(N(c3ccccc3)c3ccccc3)cc21. The lowest BCUT2D eigenvalue weighted by atomic mass is 9.97. The van der Waals surface area contributed by atoms with E-state index >= 15 is 0 Å². The lowest BCUT2D eigenvalue weighted by Gasteiger charge is -2.25. The maximum atomic E-state index is 2.38. The second-order valence-corrected chi connectivity index (χ2v) is 10.7. The van der Waals surface area contributed by atoms with Gasteiger partial charge >= 0.3 is 0 Å². The molecule has 6 aromatic carbocycles. The molecule has 0 radical (unpaired) electrons. The first-order valence-corrected chi connectivity index (χ1v) is 13.9. The molecule has 40 heavy (non-hydrogen) atoms. The number of rotatable bonds is 4. The minimum Gasteiger partial charge on any atom is -0.344 e. The summed E-state index contributed by atoms with van der Waals surface area (Å²) in [7, 11) is 2.18. The molecule has 0 spiro atoms. The molecular weight excluding hydrogens is 484 g/mol. The smallest absolute Gasteiger partial charge is 0.0509 e. The van der Waals surface area contributed by atoms with Crippen LogP contribution in [-0.2, 0) is 13.5 Å². The van der Waals surface area contributed by atoms with Gasteiger partial charge in [0.2, 0.25) is 0 Å². The van der Waals surface area contributed by atoms with Crippen LogP contribution in [0.3, 0.4) is 0 Å². The number of benzene rings is 6. The quantitative estimate of drug-likeness (QED) is 0.228. The Morgan fingerprint density at radius 1 is 0.475 bits per heavy atom. The molecule has 0 amide bonds. The Bertz CT molecular complexity index is 1990. The second-order valence-electron chi connectivity index (χ2n) is 10.7. The normalized spacial score (nSPS) is 12.0. The zero-order chi connectivity index (χ0) is 26.6. The molecule has 2 heteroatoms. The molecule has 1 aliphatic rings. The fraction of sp³-hybridized carbons (Fsp3) is 0.0526. The highest BCUT2D eigenvalue weighted by atomic mass is 15.1. The van der Waals surface area contributed by atoms with Crippen molar-refractivity contribution < 1.29 is 0 Å². The lowest BCUT2D eigenvalue weighted by Crippen LogP contribution is -2.09. The van der Waals surface area contributed by atoms with Gasteiger partial charge in [-0.15, -0.1) is 0 Å². The number of nitrogens with zero attached hydrogens (tertiary/aromatic N) is 2. The van der Waals surface area contributed by atoms with Crippen molar-refractivity contribution in [2.75, 3.05) is 4.90 Å². The first-order valence-electron chi connectivity index (χ1n) is 13.9. The van der Waals surface area contributed by atoms with Gasteiger partial charge in [-0.1, -0.05) is 84.9 Å². The van der Waals surface area contributed by atoms with E-state index in [0.29, 0.717) is 0 Å². The Labute approximate surface area is 234 Å². The van der Waals surface area contributed by atoms with Gasteiger partial charge in [0.15, 0.2) is 0 Å². The van der Waals surface area contributed by atoms with Gasteiger partial charge in [-0.3, -0.25) is 0 Å². The summed E-state index contributed by atoms with van der Waals surface area (Å²) in [6.07, 6.45) is 1.03. The van der Waals surface area contributed by atoms with E-state index in [1.165, 1.54) is 55.2 Å². The van der Waals surface area contributed by atoms with Gasteiger partial charge in [0.05, 0.1) is 5.52 Å². The fourth-order valence-corrected chi connectivity index (χ4v) is 6.42. The molecule has 0 N–H and O–H groups in total. The number of hydrogen-bond donors (Lipinski definition) is 0. The molecule has 0 saturated heterocycles. The number of aryl methyl sites for hydroxylation is 1. The fourth-order valence-electron chi connectivity index (χ4n) is 6.42. The molecule has 7 aromatic rings. The van der Waals surface area contributed by atoms with Crippen LogP contribution < -0.4 is 4.90 Å². The van der Waals surface area contributed by atoms with Gasteiger partial charge in [-0.05, 0) is 94.4 Å². The minimum atomic E-state index is 1.03. The predicted octanol–water partition coefficient (Wildman–Crippen LogP) is 10.0. The van der Waals surface area contributed by atoms with Crippen LogP contribution in [0.1, 0.15) is 11.1 Å². The van der Waals surface area contributed by atoms with E-state index in [9.17, 15) is 0 Å². The number of para-hydroxylation sites is 2. The average molecular weight is 513 g/mol. The van der Waals surface area contributed by atoms with Gasteiger partial charge in [0.25, 0.3) is 0 Å². The van der Waals surface area contributed by atoms with Crippen LogP contribution in [0.4, 0.5) is 17.1 Å². The number of aromatic nitrogens is 1. The van der Waals surface area contributed by atoms with Crippen LogP contribution in [0.2, 0.25) is 0 Å². The number of anilines is 3. The zero-order valence-corrected chi connectivity index (χ0v) is 22.4. The molecule has 1 aromatic heterocycles. The van der Waals surface area contributed by atoms with Crippen LogP contribution in [0.25, 0.3) is 44.1 Å². The Hall–Kier alpha value is -5.08. The predicted molar refractivity (Wildman–Crippen MR) is 169 cm³/mol. The highest BCUT2D eigenvalue weighted by molar-refractivity contribution is 6.10. The van der Waals surface area contributed by atoms with E-state index in [2.05, 4.69) is 156 Å². The van der Waals surface area contributed by atoms with Crippen LogP contribution in [-0.4, -0.2) is 4.57 Å². The maximum Gasteiger partial charge on any atom is 0.0509 e. The summed E-state index contributed by atoms with van der Waals surface area (Å²) >= 11 is 0. The summed E-state index contributed by atoms with van der Waals surface area (Å²) in [5.41, 5.74) is 14.0. The molecule has 1 aliphatic carbocycles. The molecule has 190 valence electrons. The van der Waals surface area contributed by atoms with E-state index in [0.717, 1.165) is 23.5 Å². The van der Waals surface area contributed by atoms with E-state index in [1.807, 2.05) is 0 Å². The molecule has 0 fully saturated rings. The summed E-state index contributed by atoms with van der Waals surface area (Å²) in [6.45, 7) is 0. The third-order valence-corrected chi connectivity index (χ3v) is 8.41. The van der Waals surface area contributed by atoms with Crippen LogP contribution in [0.15, 0.2) is 140 Å². The Kier molecular flexibility index (Phi) is 5.14. The largest absolute Gasteiger partial charge is 0.344 e. The summed E-state index contributed by atoms with van der Waals surface area (Å²) in [6, 6.07) is 50.7. The van der Waals surface area contributed by atoms with E-state index in [4.69, 9.17) is 0 Å². The molecule has 0 unspecified atom stereocenters. The van der Waals surface area contributed by atoms with Crippen molar-refractivity contribution in [1.82, 2.24) is 4.57 Å². The van der Waals surface area contributed by atoms with Gasteiger partial charge in [0, 0.05) is 40.4 Å². The Morgan fingerprint density at radius 3 is 1.90 bits per heavy atom. The van der Waals surface area contributed by atoms with Crippen LogP contribution >= 0.6 is 0 Å².